The molecule has 0 aliphatic carbocycles. The van der Waals surface area contributed by atoms with Crippen molar-refractivity contribution in [3.8, 4) is 0 Å². The number of rotatable bonds is 3. The highest BCUT2D eigenvalue weighted by molar-refractivity contribution is 5.68. The maximum atomic E-state index is 13.6. The number of aliphatic carboxylic acids is 1. The second-order valence-electron chi connectivity index (χ2n) is 3.71. The van der Waals surface area contributed by atoms with Crippen LogP contribution in [-0.2, 0) is 11.0 Å². The standard InChI is InChI=1S/C11H10F4O2/c1-6(5-9(16)17)7-3-2-4-8(10(7)12)11(13,14)15/h2-4,6H,5H2,1H3,(H,16,17)/t6-/m1/s1. The molecule has 1 N–H and O–H groups in total. The fraction of sp³-hybridized carbons (Fsp3) is 0.364. The summed E-state index contributed by atoms with van der Waals surface area (Å²) in [7, 11) is 0. The summed E-state index contributed by atoms with van der Waals surface area (Å²) >= 11 is 0. The van der Waals surface area contributed by atoms with Gasteiger partial charge >= 0.3 is 12.1 Å². The molecule has 1 aromatic rings. The lowest BCUT2D eigenvalue weighted by atomic mass is 9.95. The summed E-state index contributed by atoms with van der Waals surface area (Å²) in [6.07, 6.45) is -5.19. The van der Waals surface area contributed by atoms with Crippen LogP contribution >= 0.6 is 0 Å². The van der Waals surface area contributed by atoms with Gasteiger partial charge in [-0.1, -0.05) is 19.1 Å². The summed E-state index contributed by atoms with van der Waals surface area (Å²) in [4.78, 5) is 10.4. The normalized spacial score (nSPS) is 13.5. The highest BCUT2D eigenvalue weighted by atomic mass is 19.4. The minimum Gasteiger partial charge on any atom is -0.481 e. The van der Waals surface area contributed by atoms with Gasteiger partial charge in [-0.25, -0.2) is 4.39 Å². The Balaban J connectivity index is 3.15. The van der Waals surface area contributed by atoms with Gasteiger partial charge in [-0.05, 0) is 17.5 Å². The van der Waals surface area contributed by atoms with Gasteiger partial charge in [-0.3, -0.25) is 4.79 Å². The van der Waals surface area contributed by atoms with E-state index in [9.17, 15) is 22.4 Å². The number of halogens is 4. The Labute approximate surface area is 94.9 Å². The summed E-state index contributed by atoms with van der Waals surface area (Å²) in [6.45, 7) is 1.37. The molecule has 0 bridgehead atoms. The lowest BCUT2D eigenvalue weighted by Gasteiger charge is -2.14. The average molecular weight is 250 g/mol. The zero-order valence-electron chi connectivity index (χ0n) is 8.88. The maximum absolute atomic E-state index is 13.6. The van der Waals surface area contributed by atoms with E-state index in [0.717, 1.165) is 12.1 Å². The highest BCUT2D eigenvalue weighted by Gasteiger charge is 2.35. The molecule has 6 heteroatoms. The minimum absolute atomic E-state index is 0.234. The summed E-state index contributed by atoms with van der Waals surface area (Å²) < 4.78 is 50.8. The largest absolute Gasteiger partial charge is 0.481 e. The van der Waals surface area contributed by atoms with E-state index >= 15 is 0 Å². The molecule has 1 rings (SSSR count). The molecule has 0 aliphatic rings. The number of hydrogen-bond donors (Lipinski definition) is 1. The number of benzene rings is 1. The van der Waals surface area contributed by atoms with Crippen molar-refractivity contribution in [3.05, 3.63) is 35.1 Å². The quantitative estimate of drug-likeness (QED) is 0.834. The van der Waals surface area contributed by atoms with Gasteiger partial charge < -0.3 is 5.11 Å². The Morgan fingerprint density at radius 1 is 1.41 bits per heavy atom. The first-order valence-corrected chi connectivity index (χ1v) is 4.81. The molecule has 0 spiro atoms. The second kappa shape index (κ2) is 4.73. The lowest BCUT2D eigenvalue weighted by Crippen LogP contribution is -2.12. The van der Waals surface area contributed by atoms with E-state index < -0.39 is 35.9 Å². The van der Waals surface area contributed by atoms with E-state index in [1.54, 1.807) is 0 Å². The third kappa shape index (κ3) is 3.18. The van der Waals surface area contributed by atoms with Gasteiger partial charge in [0.15, 0.2) is 0 Å². The van der Waals surface area contributed by atoms with Crippen molar-refractivity contribution in [3.63, 3.8) is 0 Å². The summed E-state index contributed by atoms with van der Waals surface area (Å²) in [5, 5.41) is 8.52. The van der Waals surface area contributed by atoms with Gasteiger partial charge in [-0.2, -0.15) is 13.2 Å². The predicted molar refractivity (Wildman–Crippen MR) is 52.1 cm³/mol. The Morgan fingerprint density at radius 2 is 2.00 bits per heavy atom. The molecule has 0 amide bonds. The first-order chi connectivity index (χ1) is 7.73. The van der Waals surface area contributed by atoms with Crippen LogP contribution < -0.4 is 0 Å². The van der Waals surface area contributed by atoms with Crippen LogP contribution in [0.4, 0.5) is 17.6 Å². The molecule has 0 saturated carbocycles. The van der Waals surface area contributed by atoms with E-state index in [4.69, 9.17) is 5.11 Å². The molecule has 94 valence electrons. The van der Waals surface area contributed by atoms with Crippen molar-refractivity contribution >= 4 is 5.97 Å². The van der Waals surface area contributed by atoms with Gasteiger partial charge in [0.2, 0.25) is 0 Å². The molecule has 1 atom stereocenters. The van der Waals surface area contributed by atoms with Gasteiger partial charge in [0.1, 0.15) is 5.82 Å². The maximum Gasteiger partial charge on any atom is 0.419 e. The molecule has 0 saturated heterocycles. The number of carbonyl (C=O) groups is 1. The van der Waals surface area contributed by atoms with E-state index in [1.165, 1.54) is 6.92 Å². The number of alkyl halides is 3. The SMILES string of the molecule is C[C@H](CC(=O)O)c1cccc(C(F)(F)F)c1F. The van der Waals surface area contributed by atoms with Crippen molar-refractivity contribution in [1.82, 2.24) is 0 Å². The van der Waals surface area contributed by atoms with Crippen LogP contribution in [0.2, 0.25) is 0 Å². The van der Waals surface area contributed by atoms with E-state index in [2.05, 4.69) is 0 Å². The second-order valence-corrected chi connectivity index (χ2v) is 3.71. The molecule has 0 aromatic heterocycles. The van der Waals surface area contributed by atoms with Crippen molar-refractivity contribution in [2.75, 3.05) is 0 Å². The number of hydrogen-bond acceptors (Lipinski definition) is 1. The van der Waals surface area contributed by atoms with E-state index in [-0.39, 0.29) is 5.56 Å². The molecule has 0 radical (unpaired) electrons. The van der Waals surface area contributed by atoms with E-state index in [0.29, 0.717) is 6.07 Å². The zero-order valence-corrected chi connectivity index (χ0v) is 8.88. The molecule has 0 fully saturated rings. The Kier molecular flexibility index (Phi) is 3.75. The molecule has 2 nitrogen and oxygen atoms in total. The Bertz CT molecular complexity index is 426. The van der Waals surface area contributed by atoms with Crippen molar-refractivity contribution in [1.29, 1.82) is 0 Å². The third-order valence-electron chi connectivity index (χ3n) is 2.35. The molecular weight excluding hydrogens is 240 g/mol. The van der Waals surface area contributed by atoms with Gasteiger partial charge in [-0.15, -0.1) is 0 Å². The summed E-state index contributed by atoms with van der Waals surface area (Å²) in [6, 6.07) is 2.87. The number of carboxylic acid groups (broad SMARTS) is 1. The van der Waals surface area contributed by atoms with Gasteiger partial charge in [0.05, 0.1) is 12.0 Å². The summed E-state index contributed by atoms with van der Waals surface area (Å²) in [5.41, 5.74) is -1.60. The van der Waals surface area contributed by atoms with Crippen LogP contribution in [0, 0.1) is 5.82 Å². The van der Waals surface area contributed by atoms with Gasteiger partial charge in [0.25, 0.3) is 0 Å². The lowest BCUT2D eigenvalue weighted by molar-refractivity contribution is -0.140. The topological polar surface area (TPSA) is 37.3 Å². The Morgan fingerprint density at radius 3 is 2.47 bits per heavy atom. The highest BCUT2D eigenvalue weighted by Crippen LogP contribution is 2.34. The number of carboxylic acids is 1. The first-order valence-electron chi connectivity index (χ1n) is 4.81. The fourth-order valence-corrected chi connectivity index (χ4v) is 1.52. The monoisotopic (exact) mass is 250 g/mol. The Hall–Kier alpha value is -1.59. The molecule has 0 aliphatic heterocycles. The average Bonchev–Trinajstić information content (AvgIpc) is 2.14. The molecule has 0 heterocycles. The third-order valence-corrected chi connectivity index (χ3v) is 2.35. The summed E-state index contributed by atoms with van der Waals surface area (Å²) in [5.74, 6) is -3.39. The molecular formula is C11H10F4O2. The first kappa shape index (κ1) is 13.5. The van der Waals surface area contributed by atoms with Gasteiger partial charge in [0, 0.05) is 0 Å². The van der Waals surface area contributed by atoms with Crippen molar-refractivity contribution in [2.45, 2.75) is 25.4 Å². The van der Waals surface area contributed by atoms with Crippen LogP contribution in [0.15, 0.2) is 18.2 Å². The molecule has 17 heavy (non-hydrogen) atoms. The van der Waals surface area contributed by atoms with E-state index in [1.807, 2.05) is 0 Å². The van der Waals surface area contributed by atoms with Crippen LogP contribution in [0.5, 0.6) is 0 Å². The fourth-order valence-electron chi connectivity index (χ4n) is 1.52. The predicted octanol–water partition coefficient (Wildman–Crippen LogP) is 3.42. The van der Waals surface area contributed by atoms with Crippen LogP contribution in [0.1, 0.15) is 30.4 Å². The smallest absolute Gasteiger partial charge is 0.419 e. The van der Waals surface area contributed by atoms with Crippen LogP contribution in [-0.4, -0.2) is 11.1 Å². The minimum atomic E-state index is -4.77. The zero-order chi connectivity index (χ0) is 13.2. The molecule has 1 aromatic carbocycles. The molecule has 0 unspecified atom stereocenters. The van der Waals surface area contributed by atoms with Crippen molar-refractivity contribution in [2.24, 2.45) is 0 Å². The van der Waals surface area contributed by atoms with Crippen LogP contribution in [0.3, 0.4) is 0 Å². The van der Waals surface area contributed by atoms with Crippen molar-refractivity contribution < 1.29 is 27.5 Å². The van der Waals surface area contributed by atoms with Crippen LogP contribution in [0.25, 0.3) is 0 Å².